The zero-order valence-corrected chi connectivity index (χ0v) is 7.83. The molecule has 1 fully saturated rings. The van der Waals surface area contributed by atoms with E-state index in [1.54, 1.807) is 25.1 Å². The number of rotatable bonds is 2. The minimum atomic E-state index is -0.823. The zero-order chi connectivity index (χ0) is 10.3. The minimum Gasteiger partial charge on any atom is -0.481 e. The number of carboxylic acids is 1. The van der Waals surface area contributed by atoms with E-state index in [1.807, 2.05) is 0 Å². The van der Waals surface area contributed by atoms with Crippen LogP contribution in [-0.2, 0) is 4.79 Å². The molecule has 14 heavy (non-hydrogen) atoms. The third-order valence-electron chi connectivity index (χ3n) is 2.73. The number of halogens is 1. The molecule has 0 amide bonds. The molecule has 0 spiro atoms. The monoisotopic (exact) mass is 194 g/mol. The van der Waals surface area contributed by atoms with Crippen molar-refractivity contribution in [3.63, 3.8) is 0 Å². The van der Waals surface area contributed by atoms with Crippen LogP contribution in [0.5, 0.6) is 0 Å². The summed E-state index contributed by atoms with van der Waals surface area (Å²) >= 11 is 0. The number of aryl methyl sites for hydroxylation is 1. The molecule has 0 aromatic heterocycles. The van der Waals surface area contributed by atoms with Crippen molar-refractivity contribution in [3.05, 3.63) is 35.1 Å². The molecule has 0 heterocycles. The highest BCUT2D eigenvalue weighted by atomic mass is 19.1. The lowest BCUT2D eigenvalue weighted by Crippen LogP contribution is -2.00. The summed E-state index contributed by atoms with van der Waals surface area (Å²) < 4.78 is 13.5. The molecule has 1 N–H and O–H groups in total. The van der Waals surface area contributed by atoms with Gasteiger partial charge in [-0.05, 0) is 24.5 Å². The second-order valence-electron chi connectivity index (χ2n) is 3.77. The average molecular weight is 194 g/mol. The van der Waals surface area contributed by atoms with Crippen LogP contribution in [0.3, 0.4) is 0 Å². The summed E-state index contributed by atoms with van der Waals surface area (Å²) in [6.07, 6.45) is 0.565. The molecule has 2 rings (SSSR count). The normalized spacial score (nSPS) is 24.7. The Morgan fingerprint density at radius 2 is 2.29 bits per heavy atom. The Balaban J connectivity index is 2.27. The smallest absolute Gasteiger partial charge is 0.307 e. The standard InChI is InChI=1S/C11H11FO2/c1-6-3-2-4-7(10(6)12)8-5-9(8)11(13)14/h2-4,8-9H,5H2,1H3,(H,13,14)/t8-,9+/m0/s1. The molecule has 1 aromatic carbocycles. The van der Waals surface area contributed by atoms with Gasteiger partial charge in [0, 0.05) is 5.92 Å². The largest absolute Gasteiger partial charge is 0.481 e. The maximum absolute atomic E-state index is 13.5. The van der Waals surface area contributed by atoms with Gasteiger partial charge in [0.05, 0.1) is 5.92 Å². The molecule has 0 aliphatic heterocycles. The lowest BCUT2D eigenvalue weighted by atomic mass is 10.1. The Morgan fingerprint density at radius 3 is 2.86 bits per heavy atom. The van der Waals surface area contributed by atoms with Gasteiger partial charge in [-0.15, -0.1) is 0 Å². The summed E-state index contributed by atoms with van der Waals surface area (Å²) in [7, 11) is 0. The fraction of sp³-hybridized carbons (Fsp3) is 0.364. The first-order chi connectivity index (χ1) is 6.61. The van der Waals surface area contributed by atoms with Gasteiger partial charge < -0.3 is 5.11 Å². The number of carboxylic acid groups (broad SMARTS) is 1. The van der Waals surface area contributed by atoms with E-state index in [-0.39, 0.29) is 17.7 Å². The van der Waals surface area contributed by atoms with Crippen LogP contribution in [0.2, 0.25) is 0 Å². The molecule has 3 heteroatoms. The molecule has 0 unspecified atom stereocenters. The molecular formula is C11H11FO2. The van der Waals surface area contributed by atoms with Crippen molar-refractivity contribution >= 4 is 5.97 Å². The van der Waals surface area contributed by atoms with E-state index < -0.39 is 5.97 Å². The van der Waals surface area contributed by atoms with Crippen molar-refractivity contribution in [3.8, 4) is 0 Å². The van der Waals surface area contributed by atoms with Gasteiger partial charge in [0.15, 0.2) is 0 Å². The molecule has 1 aliphatic rings. The third kappa shape index (κ3) is 1.39. The Kier molecular flexibility index (Phi) is 2.02. The third-order valence-corrected chi connectivity index (χ3v) is 2.73. The lowest BCUT2D eigenvalue weighted by molar-refractivity contribution is -0.138. The Labute approximate surface area is 81.4 Å². The molecule has 1 saturated carbocycles. The highest BCUT2D eigenvalue weighted by Crippen LogP contribution is 2.48. The molecule has 1 aromatic rings. The van der Waals surface area contributed by atoms with Crippen molar-refractivity contribution < 1.29 is 14.3 Å². The molecule has 1 aliphatic carbocycles. The first-order valence-corrected chi connectivity index (χ1v) is 4.59. The van der Waals surface area contributed by atoms with E-state index in [9.17, 15) is 9.18 Å². The topological polar surface area (TPSA) is 37.3 Å². The average Bonchev–Trinajstić information content (AvgIpc) is 2.89. The Morgan fingerprint density at radius 1 is 1.57 bits per heavy atom. The summed E-state index contributed by atoms with van der Waals surface area (Å²) in [5.74, 6) is -1.57. The van der Waals surface area contributed by atoms with Gasteiger partial charge >= 0.3 is 5.97 Å². The second kappa shape index (κ2) is 3.08. The minimum absolute atomic E-state index is 0.118. The second-order valence-corrected chi connectivity index (χ2v) is 3.77. The van der Waals surface area contributed by atoms with Gasteiger partial charge in [0.1, 0.15) is 5.82 Å². The fourth-order valence-corrected chi connectivity index (χ4v) is 1.77. The van der Waals surface area contributed by atoms with E-state index in [0.29, 0.717) is 17.5 Å². The predicted molar refractivity (Wildman–Crippen MR) is 49.6 cm³/mol. The number of hydrogen-bond donors (Lipinski definition) is 1. The number of aliphatic carboxylic acids is 1. The summed E-state index contributed by atoms with van der Waals surface area (Å²) in [4.78, 5) is 10.6. The van der Waals surface area contributed by atoms with Crippen molar-refractivity contribution in [1.82, 2.24) is 0 Å². The molecule has 2 atom stereocenters. The Hall–Kier alpha value is -1.38. The summed E-state index contributed by atoms with van der Waals surface area (Å²) in [5, 5.41) is 8.72. The van der Waals surface area contributed by atoms with Crippen LogP contribution in [0, 0.1) is 18.7 Å². The van der Waals surface area contributed by atoms with E-state index in [0.717, 1.165) is 0 Å². The summed E-state index contributed by atoms with van der Waals surface area (Å²) in [6, 6.07) is 5.14. The highest BCUT2D eigenvalue weighted by Gasteiger charge is 2.45. The SMILES string of the molecule is Cc1cccc([C@@H]2C[C@H]2C(=O)O)c1F. The van der Waals surface area contributed by atoms with Crippen LogP contribution in [0.15, 0.2) is 18.2 Å². The van der Waals surface area contributed by atoms with Crippen LogP contribution in [-0.4, -0.2) is 11.1 Å². The van der Waals surface area contributed by atoms with Crippen LogP contribution < -0.4 is 0 Å². The van der Waals surface area contributed by atoms with Crippen molar-refractivity contribution in [2.24, 2.45) is 5.92 Å². The predicted octanol–water partition coefficient (Wildman–Crippen LogP) is 2.32. The number of carbonyl (C=O) groups is 1. The van der Waals surface area contributed by atoms with Crippen LogP contribution >= 0.6 is 0 Å². The first kappa shape index (κ1) is 9.19. The van der Waals surface area contributed by atoms with Crippen LogP contribution in [0.25, 0.3) is 0 Å². The summed E-state index contributed by atoms with van der Waals surface area (Å²) in [6.45, 7) is 1.69. The van der Waals surface area contributed by atoms with E-state index in [1.165, 1.54) is 0 Å². The Bertz CT molecular complexity index is 387. The molecule has 0 radical (unpaired) electrons. The van der Waals surface area contributed by atoms with Gasteiger partial charge in [-0.25, -0.2) is 4.39 Å². The highest BCUT2D eigenvalue weighted by molar-refractivity contribution is 5.75. The molecular weight excluding hydrogens is 183 g/mol. The van der Waals surface area contributed by atoms with Crippen LogP contribution in [0.1, 0.15) is 23.5 Å². The maximum Gasteiger partial charge on any atom is 0.307 e. The van der Waals surface area contributed by atoms with Crippen molar-refractivity contribution in [1.29, 1.82) is 0 Å². The first-order valence-electron chi connectivity index (χ1n) is 4.59. The molecule has 0 bridgehead atoms. The van der Waals surface area contributed by atoms with E-state index >= 15 is 0 Å². The molecule has 74 valence electrons. The number of benzene rings is 1. The lowest BCUT2D eigenvalue weighted by Gasteiger charge is -2.03. The van der Waals surface area contributed by atoms with Crippen LogP contribution in [0.4, 0.5) is 4.39 Å². The van der Waals surface area contributed by atoms with Gasteiger partial charge in [-0.1, -0.05) is 18.2 Å². The van der Waals surface area contributed by atoms with Gasteiger partial charge in [-0.2, -0.15) is 0 Å². The van der Waals surface area contributed by atoms with E-state index in [4.69, 9.17) is 5.11 Å². The number of hydrogen-bond acceptors (Lipinski definition) is 1. The quantitative estimate of drug-likeness (QED) is 0.784. The molecule has 0 saturated heterocycles. The summed E-state index contributed by atoms with van der Waals surface area (Å²) in [5.41, 5.74) is 1.14. The van der Waals surface area contributed by atoms with Crippen molar-refractivity contribution in [2.75, 3.05) is 0 Å². The van der Waals surface area contributed by atoms with Gasteiger partial charge in [0.2, 0.25) is 0 Å². The molecule has 2 nitrogen and oxygen atoms in total. The zero-order valence-electron chi connectivity index (χ0n) is 7.83. The van der Waals surface area contributed by atoms with Crippen molar-refractivity contribution in [2.45, 2.75) is 19.3 Å². The van der Waals surface area contributed by atoms with Gasteiger partial charge in [-0.3, -0.25) is 4.79 Å². The fourth-order valence-electron chi connectivity index (χ4n) is 1.77. The maximum atomic E-state index is 13.5. The van der Waals surface area contributed by atoms with E-state index in [2.05, 4.69) is 0 Å². The van der Waals surface area contributed by atoms with Gasteiger partial charge in [0.25, 0.3) is 0 Å².